The number of rotatable bonds is 4. The molecule has 0 aliphatic carbocycles. The van der Waals surface area contributed by atoms with Gasteiger partial charge in [0.2, 0.25) is 0 Å². The van der Waals surface area contributed by atoms with E-state index in [1.54, 1.807) is 18.2 Å². The van der Waals surface area contributed by atoms with Gasteiger partial charge in [0.05, 0.1) is 4.90 Å². The molecule has 0 amide bonds. The van der Waals surface area contributed by atoms with Gasteiger partial charge in [0, 0.05) is 11.9 Å². The van der Waals surface area contributed by atoms with E-state index in [2.05, 4.69) is 0 Å². The Kier molecular flexibility index (Phi) is 3.94. The van der Waals surface area contributed by atoms with E-state index in [4.69, 9.17) is 10.5 Å². The number of hydrogen-bond acceptors (Lipinski definition) is 4. The number of benzene rings is 2. The third kappa shape index (κ3) is 3.71. The molecule has 0 aromatic heterocycles. The predicted octanol–water partition coefficient (Wildman–Crippen LogP) is 2.39. The summed E-state index contributed by atoms with van der Waals surface area (Å²) in [4.78, 5) is 0.175. The van der Waals surface area contributed by atoms with Crippen LogP contribution in [0.5, 0.6) is 5.75 Å². The number of ether oxygens (including phenoxy) is 1. The van der Waals surface area contributed by atoms with Crippen molar-refractivity contribution in [3.8, 4) is 5.75 Å². The van der Waals surface area contributed by atoms with Gasteiger partial charge in [0.1, 0.15) is 18.2 Å². The number of nitrogens with two attached hydrogens (primary N) is 1. The molecule has 2 N–H and O–H groups in total. The summed E-state index contributed by atoms with van der Waals surface area (Å²) in [5.41, 5.74) is 6.42. The first-order valence-electron chi connectivity index (χ1n) is 5.82. The van der Waals surface area contributed by atoms with Crippen molar-refractivity contribution in [2.45, 2.75) is 11.5 Å². The summed E-state index contributed by atoms with van der Waals surface area (Å²) in [6.07, 6.45) is 1.12. The molecular formula is C14H14FNO3S. The van der Waals surface area contributed by atoms with Crippen LogP contribution in [-0.2, 0) is 16.4 Å². The molecule has 2 rings (SSSR count). The van der Waals surface area contributed by atoms with E-state index in [0.717, 1.165) is 6.26 Å². The second-order valence-corrected chi connectivity index (χ2v) is 6.44. The molecule has 0 spiro atoms. The van der Waals surface area contributed by atoms with Crippen molar-refractivity contribution in [1.82, 2.24) is 0 Å². The van der Waals surface area contributed by atoms with Crippen LogP contribution in [0, 0.1) is 5.82 Å². The largest absolute Gasteiger partial charge is 0.489 e. The summed E-state index contributed by atoms with van der Waals surface area (Å²) >= 11 is 0. The Morgan fingerprint density at radius 3 is 2.60 bits per heavy atom. The zero-order valence-electron chi connectivity index (χ0n) is 10.8. The smallest absolute Gasteiger partial charge is 0.175 e. The Labute approximate surface area is 116 Å². The molecule has 0 aliphatic heterocycles. The second kappa shape index (κ2) is 5.50. The number of nitrogen functional groups attached to an aromatic ring is 1. The SMILES string of the molecule is CS(=O)(=O)c1cccc(OCc2cc(N)cc(F)c2)c1. The summed E-state index contributed by atoms with van der Waals surface area (Å²) in [5.74, 6) is -0.0377. The number of halogens is 1. The van der Waals surface area contributed by atoms with Gasteiger partial charge in [-0.15, -0.1) is 0 Å². The van der Waals surface area contributed by atoms with Gasteiger partial charge in [-0.05, 0) is 42.0 Å². The van der Waals surface area contributed by atoms with Crippen LogP contribution in [0.2, 0.25) is 0 Å². The summed E-state index contributed by atoms with van der Waals surface area (Å²) in [7, 11) is -3.28. The normalized spacial score (nSPS) is 11.3. The third-order valence-corrected chi connectivity index (χ3v) is 3.73. The van der Waals surface area contributed by atoms with E-state index in [0.29, 0.717) is 17.0 Å². The second-order valence-electron chi connectivity index (χ2n) is 4.43. The molecule has 2 aromatic rings. The first kappa shape index (κ1) is 14.3. The molecule has 0 fully saturated rings. The fraction of sp³-hybridized carbons (Fsp3) is 0.143. The van der Waals surface area contributed by atoms with Crippen molar-refractivity contribution in [3.05, 3.63) is 53.8 Å². The van der Waals surface area contributed by atoms with Crippen molar-refractivity contribution in [1.29, 1.82) is 0 Å². The Balaban J connectivity index is 2.15. The highest BCUT2D eigenvalue weighted by Crippen LogP contribution is 2.19. The summed E-state index contributed by atoms with van der Waals surface area (Å²) in [6, 6.07) is 10.3. The Hall–Kier alpha value is -2.08. The molecule has 6 heteroatoms. The minimum Gasteiger partial charge on any atom is -0.489 e. The zero-order valence-corrected chi connectivity index (χ0v) is 11.7. The number of anilines is 1. The van der Waals surface area contributed by atoms with Crippen LogP contribution >= 0.6 is 0 Å². The van der Waals surface area contributed by atoms with Gasteiger partial charge in [0.25, 0.3) is 0 Å². The number of hydrogen-bond donors (Lipinski definition) is 1. The van der Waals surface area contributed by atoms with E-state index < -0.39 is 15.7 Å². The summed E-state index contributed by atoms with van der Waals surface area (Å²) in [5, 5.41) is 0. The van der Waals surface area contributed by atoms with Crippen LogP contribution in [0.25, 0.3) is 0 Å². The lowest BCUT2D eigenvalue weighted by Gasteiger charge is -2.08. The third-order valence-electron chi connectivity index (χ3n) is 2.62. The van der Waals surface area contributed by atoms with Gasteiger partial charge >= 0.3 is 0 Å². The minimum absolute atomic E-state index is 0.106. The van der Waals surface area contributed by atoms with Gasteiger partial charge < -0.3 is 10.5 Å². The summed E-state index contributed by atoms with van der Waals surface area (Å²) in [6.45, 7) is 0.106. The van der Waals surface area contributed by atoms with Crippen LogP contribution in [0.4, 0.5) is 10.1 Å². The average Bonchev–Trinajstić information content (AvgIpc) is 2.35. The van der Waals surface area contributed by atoms with E-state index in [1.165, 1.54) is 24.3 Å². The first-order valence-corrected chi connectivity index (χ1v) is 7.71. The van der Waals surface area contributed by atoms with Gasteiger partial charge in [-0.3, -0.25) is 0 Å². The van der Waals surface area contributed by atoms with Crippen molar-refractivity contribution >= 4 is 15.5 Å². The van der Waals surface area contributed by atoms with E-state index in [1.807, 2.05) is 0 Å². The zero-order chi connectivity index (χ0) is 14.8. The standard InChI is InChI=1S/C14H14FNO3S/c1-20(17,18)14-4-2-3-13(8-14)19-9-10-5-11(15)7-12(16)6-10/h2-8H,9,16H2,1H3. The van der Waals surface area contributed by atoms with Crippen molar-refractivity contribution in [2.24, 2.45) is 0 Å². The lowest BCUT2D eigenvalue weighted by Crippen LogP contribution is -2.00. The van der Waals surface area contributed by atoms with Crippen LogP contribution < -0.4 is 10.5 Å². The van der Waals surface area contributed by atoms with Gasteiger partial charge in [-0.25, -0.2) is 12.8 Å². The molecule has 0 unspecified atom stereocenters. The summed E-state index contributed by atoms with van der Waals surface area (Å²) < 4.78 is 41.5. The molecule has 106 valence electrons. The molecule has 0 atom stereocenters. The highest BCUT2D eigenvalue weighted by Gasteiger charge is 2.08. The van der Waals surface area contributed by atoms with Crippen LogP contribution in [-0.4, -0.2) is 14.7 Å². The van der Waals surface area contributed by atoms with Crippen LogP contribution in [0.15, 0.2) is 47.4 Å². The molecule has 0 aliphatic rings. The monoisotopic (exact) mass is 295 g/mol. The highest BCUT2D eigenvalue weighted by atomic mass is 32.2. The molecule has 0 bridgehead atoms. The molecule has 4 nitrogen and oxygen atoms in total. The van der Waals surface area contributed by atoms with Crippen molar-refractivity contribution in [2.75, 3.05) is 12.0 Å². The van der Waals surface area contributed by atoms with Crippen LogP contribution in [0.1, 0.15) is 5.56 Å². The lowest BCUT2D eigenvalue weighted by atomic mass is 10.2. The predicted molar refractivity (Wildman–Crippen MR) is 74.7 cm³/mol. The Morgan fingerprint density at radius 1 is 1.20 bits per heavy atom. The van der Waals surface area contributed by atoms with Crippen LogP contribution in [0.3, 0.4) is 0 Å². The molecule has 0 saturated carbocycles. The van der Waals surface area contributed by atoms with Gasteiger partial charge in [-0.2, -0.15) is 0 Å². The minimum atomic E-state index is -3.28. The molecular weight excluding hydrogens is 281 g/mol. The first-order chi connectivity index (χ1) is 9.34. The maximum atomic E-state index is 13.2. The lowest BCUT2D eigenvalue weighted by molar-refractivity contribution is 0.305. The maximum Gasteiger partial charge on any atom is 0.175 e. The van der Waals surface area contributed by atoms with Gasteiger partial charge in [-0.1, -0.05) is 6.07 Å². The van der Waals surface area contributed by atoms with Crippen molar-refractivity contribution < 1.29 is 17.5 Å². The average molecular weight is 295 g/mol. The Morgan fingerprint density at radius 2 is 1.95 bits per heavy atom. The van der Waals surface area contributed by atoms with E-state index >= 15 is 0 Å². The fourth-order valence-corrected chi connectivity index (χ4v) is 2.38. The quantitative estimate of drug-likeness (QED) is 0.879. The molecule has 0 radical (unpaired) electrons. The molecule has 0 heterocycles. The maximum absolute atomic E-state index is 13.2. The number of sulfone groups is 1. The molecule has 2 aromatic carbocycles. The van der Waals surface area contributed by atoms with E-state index in [-0.39, 0.29) is 11.5 Å². The Bertz CT molecular complexity index is 709. The topological polar surface area (TPSA) is 69.4 Å². The molecule has 20 heavy (non-hydrogen) atoms. The highest BCUT2D eigenvalue weighted by molar-refractivity contribution is 7.90. The van der Waals surface area contributed by atoms with E-state index in [9.17, 15) is 12.8 Å². The fourth-order valence-electron chi connectivity index (χ4n) is 1.72. The molecule has 0 saturated heterocycles. The van der Waals surface area contributed by atoms with Gasteiger partial charge in [0.15, 0.2) is 9.84 Å². The van der Waals surface area contributed by atoms with Crippen molar-refractivity contribution in [3.63, 3.8) is 0 Å².